The molecule has 0 amide bonds. The monoisotopic (exact) mass is 206 g/mol. The minimum absolute atomic E-state index is 0.260. The molecule has 0 spiro atoms. The van der Waals surface area contributed by atoms with Crippen LogP contribution in [0.15, 0.2) is 24.3 Å². The number of aliphatic hydroxyl groups excluding tert-OH is 2. The van der Waals surface area contributed by atoms with Crippen molar-refractivity contribution < 1.29 is 10.2 Å². The Morgan fingerprint density at radius 3 is 2.73 bits per heavy atom. The van der Waals surface area contributed by atoms with Crippen molar-refractivity contribution in [3.63, 3.8) is 0 Å². The van der Waals surface area contributed by atoms with Crippen molar-refractivity contribution in [2.45, 2.75) is 31.8 Å². The molecule has 0 heterocycles. The molecule has 0 radical (unpaired) electrons. The molecule has 2 N–H and O–H groups in total. The van der Waals surface area contributed by atoms with Crippen molar-refractivity contribution >= 4 is 0 Å². The number of hydrogen-bond acceptors (Lipinski definition) is 2. The Bertz CT molecular complexity index is 322. The molecule has 2 heteroatoms. The van der Waals surface area contributed by atoms with Crippen LogP contribution >= 0.6 is 0 Å². The molecule has 0 saturated carbocycles. The fourth-order valence-electron chi connectivity index (χ4n) is 2.43. The quantitative estimate of drug-likeness (QED) is 0.740. The number of benzene rings is 1. The van der Waals surface area contributed by atoms with Crippen molar-refractivity contribution in [3.8, 4) is 0 Å². The summed E-state index contributed by atoms with van der Waals surface area (Å²) in [7, 11) is 0. The molecule has 2 atom stereocenters. The van der Waals surface area contributed by atoms with Gasteiger partial charge < -0.3 is 10.2 Å². The molecule has 0 fully saturated rings. The molecule has 1 aromatic carbocycles. The second-order valence-corrected chi connectivity index (χ2v) is 4.33. The van der Waals surface area contributed by atoms with Crippen LogP contribution in [-0.2, 0) is 6.42 Å². The minimum atomic E-state index is -0.292. The maximum absolute atomic E-state index is 10.1. The van der Waals surface area contributed by atoms with E-state index in [0.717, 1.165) is 31.2 Å². The molecule has 0 aromatic heterocycles. The molecule has 0 bridgehead atoms. The molecule has 82 valence electrons. The summed E-state index contributed by atoms with van der Waals surface area (Å²) in [4.78, 5) is 0. The molecule has 0 saturated heterocycles. The van der Waals surface area contributed by atoms with Crippen molar-refractivity contribution in [1.29, 1.82) is 0 Å². The zero-order chi connectivity index (χ0) is 10.7. The van der Waals surface area contributed by atoms with Crippen LogP contribution in [-0.4, -0.2) is 16.8 Å². The van der Waals surface area contributed by atoms with Gasteiger partial charge in [0.25, 0.3) is 0 Å². The van der Waals surface area contributed by atoms with Gasteiger partial charge >= 0.3 is 0 Å². The first-order valence-corrected chi connectivity index (χ1v) is 5.69. The maximum Gasteiger partial charge on any atom is 0.0824 e. The Kier molecular flexibility index (Phi) is 3.39. The van der Waals surface area contributed by atoms with E-state index in [1.54, 1.807) is 0 Å². The van der Waals surface area contributed by atoms with Gasteiger partial charge in [-0.3, -0.25) is 0 Å². The van der Waals surface area contributed by atoms with E-state index in [1.165, 1.54) is 5.56 Å². The second kappa shape index (κ2) is 4.77. The highest BCUT2D eigenvalue weighted by molar-refractivity contribution is 5.34. The third-order valence-electron chi connectivity index (χ3n) is 3.29. The zero-order valence-electron chi connectivity index (χ0n) is 8.89. The van der Waals surface area contributed by atoms with E-state index in [-0.39, 0.29) is 12.7 Å². The Hall–Kier alpha value is -0.860. The molecule has 1 aliphatic rings. The van der Waals surface area contributed by atoms with Crippen LogP contribution in [0.5, 0.6) is 0 Å². The molecule has 2 nitrogen and oxygen atoms in total. The molecule has 2 unspecified atom stereocenters. The van der Waals surface area contributed by atoms with E-state index < -0.39 is 0 Å². The molecular weight excluding hydrogens is 188 g/mol. The van der Waals surface area contributed by atoms with Crippen molar-refractivity contribution in [3.05, 3.63) is 35.4 Å². The molecule has 0 aliphatic heterocycles. The summed E-state index contributed by atoms with van der Waals surface area (Å²) in [6.45, 7) is 0.260. The van der Waals surface area contributed by atoms with Gasteiger partial charge in [-0.15, -0.1) is 0 Å². The first-order chi connectivity index (χ1) is 7.33. The predicted octanol–water partition coefficient (Wildman–Crippen LogP) is 2.05. The van der Waals surface area contributed by atoms with Crippen molar-refractivity contribution in [1.82, 2.24) is 0 Å². The van der Waals surface area contributed by atoms with Crippen LogP contribution in [0.4, 0.5) is 0 Å². The summed E-state index contributed by atoms with van der Waals surface area (Å²) < 4.78 is 0. The van der Waals surface area contributed by atoms with E-state index in [4.69, 9.17) is 5.11 Å². The standard InChI is InChI=1S/C13H18O2/c14-8-4-3-6-11-9-10-5-1-2-7-12(10)13(11)15/h1-2,5,7,11,13-15H,3-4,6,8-9H2. The minimum Gasteiger partial charge on any atom is -0.396 e. The molecule has 1 aromatic rings. The Morgan fingerprint density at radius 2 is 2.00 bits per heavy atom. The van der Waals surface area contributed by atoms with Crippen LogP contribution < -0.4 is 0 Å². The summed E-state index contributed by atoms with van der Waals surface area (Å²) in [5.41, 5.74) is 2.39. The van der Waals surface area contributed by atoms with Gasteiger partial charge in [-0.2, -0.15) is 0 Å². The normalized spacial score (nSPS) is 24.1. The number of unbranched alkanes of at least 4 members (excludes halogenated alkanes) is 1. The van der Waals surface area contributed by atoms with Gasteiger partial charge in [-0.1, -0.05) is 30.7 Å². The van der Waals surface area contributed by atoms with Crippen LogP contribution in [0.3, 0.4) is 0 Å². The summed E-state index contributed by atoms with van der Waals surface area (Å²) in [5, 5.41) is 18.8. The van der Waals surface area contributed by atoms with E-state index >= 15 is 0 Å². The van der Waals surface area contributed by atoms with E-state index in [2.05, 4.69) is 6.07 Å². The largest absolute Gasteiger partial charge is 0.396 e. The smallest absolute Gasteiger partial charge is 0.0824 e. The van der Waals surface area contributed by atoms with E-state index in [1.807, 2.05) is 18.2 Å². The Morgan fingerprint density at radius 1 is 1.20 bits per heavy atom. The number of aliphatic hydroxyl groups is 2. The summed E-state index contributed by atoms with van der Waals surface area (Å²) in [6, 6.07) is 8.14. The van der Waals surface area contributed by atoms with Crippen molar-refractivity contribution in [2.75, 3.05) is 6.61 Å². The van der Waals surface area contributed by atoms with Crippen LogP contribution in [0.25, 0.3) is 0 Å². The topological polar surface area (TPSA) is 40.5 Å². The number of rotatable bonds is 4. The number of hydrogen-bond donors (Lipinski definition) is 2. The van der Waals surface area contributed by atoms with Crippen molar-refractivity contribution in [2.24, 2.45) is 5.92 Å². The highest BCUT2D eigenvalue weighted by atomic mass is 16.3. The average Bonchev–Trinajstić information content (AvgIpc) is 2.57. The first-order valence-electron chi connectivity index (χ1n) is 5.69. The van der Waals surface area contributed by atoms with Gasteiger partial charge in [0.15, 0.2) is 0 Å². The lowest BCUT2D eigenvalue weighted by Gasteiger charge is -2.14. The average molecular weight is 206 g/mol. The van der Waals surface area contributed by atoms with Gasteiger partial charge in [0, 0.05) is 6.61 Å². The molecule has 15 heavy (non-hydrogen) atoms. The highest BCUT2D eigenvalue weighted by Gasteiger charge is 2.29. The summed E-state index contributed by atoms with van der Waals surface area (Å²) in [6.07, 6.45) is 3.56. The Labute approximate surface area is 90.6 Å². The zero-order valence-corrected chi connectivity index (χ0v) is 8.89. The SMILES string of the molecule is OCCCCC1Cc2ccccc2C1O. The molecule has 2 rings (SSSR count). The van der Waals surface area contributed by atoms with Gasteiger partial charge in [0.1, 0.15) is 0 Å². The third-order valence-corrected chi connectivity index (χ3v) is 3.29. The summed E-state index contributed by atoms with van der Waals surface area (Å²) in [5.74, 6) is 0.356. The lowest BCUT2D eigenvalue weighted by atomic mass is 9.97. The number of fused-ring (bicyclic) bond motifs is 1. The van der Waals surface area contributed by atoms with Gasteiger partial charge in [-0.25, -0.2) is 0 Å². The summed E-state index contributed by atoms with van der Waals surface area (Å²) >= 11 is 0. The highest BCUT2D eigenvalue weighted by Crippen LogP contribution is 2.38. The van der Waals surface area contributed by atoms with Gasteiger partial charge in [-0.05, 0) is 36.3 Å². The predicted molar refractivity (Wildman–Crippen MR) is 59.5 cm³/mol. The third kappa shape index (κ3) is 2.21. The lowest BCUT2D eigenvalue weighted by molar-refractivity contribution is 0.115. The lowest BCUT2D eigenvalue weighted by Crippen LogP contribution is -2.07. The Balaban J connectivity index is 1.97. The van der Waals surface area contributed by atoms with E-state index in [9.17, 15) is 5.11 Å². The maximum atomic E-state index is 10.1. The van der Waals surface area contributed by atoms with Gasteiger partial charge in [0.05, 0.1) is 6.10 Å². The first kappa shape index (κ1) is 10.7. The molecular formula is C13H18O2. The van der Waals surface area contributed by atoms with Crippen LogP contribution in [0.2, 0.25) is 0 Å². The fraction of sp³-hybridized carbons (Fsp3) is 0.538. The van der Waals surface area contributed by atoms with Gasteiger partial charge in [0.2, 0.25) is 0 Å². The molecule has 1 aliphatic carbocycles. The second-order valence-electron chi connectivity index (χ2n) is 4.33. The fourth-order valence-corrected chi connectivity index (χ4v) is 2.43. The van der Waals surface area contributed by atoms with Crippen LogP contribution in [0.1, 0.15) is 36.5 Å². The van der Waals surface area contributed by atoms with Crippen LogP contribution in [0, 0.1) is 5.92 Å². The van der Waals surface area contributed by atoms with E-state index in [0.29, 0.717) is 5.92 Å².